The van der Waals surface area contributed by atoms with Crippen LogP contribution in [0.3, 0.4) is 0 Å². The third kappa shape index (κ3) is 4.17. The molecule has 1 heterocycles. The summed E-state index contributed by atoms with van der Waals surface area (Å²) in [5.74, 6) is 2.41. The molecule has 2 rings (SSSR count). The van der Waals surface area contributed by atoms with E-state index in [1.807, 2.05) is 13.0 Å². The van der Waals surface area contributed by atoms with Crippen molar-refractivity contribution in [2.75, 3.05) is 18.5 Å². The zero-order chi connectivity index (χ0) is 12.6. The lowest BCUT2D eigenvalue weighted by molar-refractivity contribution is 0.326. The number of aromatic nitrogens is 2. The molecular formula is C14H23N3O. The van der Waals surface area contributed by atoms with Crippen LogP contribution in [0, 0.1) is 5.92 Å². The van der Waals surface area contributed by atoms with Gasteiger partial charge in [0.25, 0.3) is 0 Å². The van der Waals surface area contributed by atoms with Gasteiger partial charge in [-0.2, -0.15) is 0 Å². The van der Waals surface area contributed by atoms with Gasteiger partial charge in [-0.3, -0.25) is 0 Å². The molecule has 0 bridgehead atoms. The lowest BCUT2D eigenvalue weighted by Gasteiger charge is -2.21. The SMILES string of the molecule is CCOc1cc(NCCC2CCCCC2)ncn1. The predicted octanol–water partition coefficient (Wildman–Crippen LogP) is 3.26. The molecule has 0 amide bonds. The molecule has 4 nitrogen and oxygen atoms in total. The van der Waals surface area contributed by atoms with Gasteiger partial charge in [0, 0.05) is 12.6 Å². The number of nitrogens with zero attached hydrogens (tertiary/aromatic N) is 2. The Kier molecular flexibility index (Phi) is 5.24. The molecule has 1 saturated carbocycles. The standard InChI is InChI=1S/C14H23N3O/c1-2-18-14-10-13(16-11-17-14)15-9-8-12-6-4-3-5-7-12/h10-12H,2-9H2,1H3,(H,15,16,17). The Balaban J connectivity index is 1.73. The summed E-state index contributed by atoms with van der Waals surface area (Å²) in [4.78, 5) is 8.26. The van der Waals surface area contributed by atoms with Crippen molar-refractivity contribution < 1.29 is 4.74 Å². The quantitative estimate of drug-likeness (QED) is 0.840. The second-order valence-corrected chi connectivity index (χ2v) is 4.89. The molecule has 1 aromatic heterocycles. The summed E-state index contributed by atoms with van der Waals surface area (Å²) in [6.45, 7) is 3.59. The number of rotatable bonds is 6. The third-order valence-corrected chi connectivity index (χ3v) is 3.52. The van der Waals surface area contributed by atoms with Crippen LogP contribution in [0.2, 0.25) is 0 Å². The summed E-state index contributed by atoms with van der Waals surface area (Å²) in [5, 5.41) is 3.36. The van der Waals surface area contributed by atoms with Gasteiger partial charge in [-0.15, -0.1) is 0 Å². The van der Waals surface area contributed by atoms with Gasteiger partial charge in [0.2, 0.25) is 5.88 Å². The van der Waals surface area contributed by atoms with Gasteiger partial charge in [0.15, 0.2) is 0 Å². The maximum atomic E-state index is 5.35. The van der Waals surface area contributed by atoms with Crippen LogP contribution in [0.4, 0.5) is 5.82 Å². The van der Waals surface area contributed by atoms with E-state index in [-0.39, 0.29) is 0 Å². The highest BCUT2D eigenvalue weighted by atomic mass is 16.5. The Labute approximate surface area is 109 Å². The first-order valence-corrected chi connectivity index (χ1v) is 7.07. The molecule has 18 heavy (non-hydrogen) atoms. The summed E-state index contributed by atoms with van der Waals surface area (Å²) in [7, 11) is 0. The number of hydrogen-bond donors (Lipinski definition) is 1. The number of hydrogen-bond acceptors (Lipinski definition) is 4. The van der Waals surface area contributed by atoms with Crippen LogP contribution in [-0.4, -0.2) is 23.1 Å². The first-order valence-electron chi connectivity index (χ1n) is 7.07. The first-order chi connectivity index (χ1) is 8.88. The number of ether oxygens (including phenoxy) is 1. The van der Waals surface area contributed by atoms with Crippen molar-refractivity contribution in [2.45, 2.75) is 45.4 Å². The van der Waals surface area contributed by atoms with Crippen molar-refractivity contribution in [3.63, 3.8) is 0 Å². The van der Waals surface area contributed by atoms with Crippen molar-refractivity contribution in [1.82, 2.24) is 9.97 Å². The van der Waals surface area contributed by atoms with E-state index < -0.39 is 0 Å². The highest BCUT2D eigenvalue weighted by Gasteiger charge is 2.12. The monoisotopic (exact) mass is 249 g/mol. The van der Waals surface area contributed by atoms with E-state index in [9.17, 15) is 0 Å². The Morgan fingerprint density at radius 2 is 2.11 bits per heavy atom. The second-order valence-electron chi connectivity index (χ2n) is 4.89. The summed E-state index contributed by atoms with van der Waals surface area (Å²) in [6.07, 6.45) is 9.83. The van der Waals surface area contributed by atoms with Gasteiger partial charge in [-0.25, -0.2) is 9.97 Å². The third-order valence-electron chi connectivity index (χ3n) is 3.52. The van der Waals surface area contributed by atoms with E-state index in [4.69, 9.17) is 4.74 Å². The topological polar surface area (TPSA) is 47.0 Å². The zero-order valence-corrected chi connectivity index (χ0v) is 11.2. The summed E-state index contributed by atoms with van der Waals surface area (Å²) in [6, 6.07) is 1.87. The molecule has 1 N–H and O–H groups in total. The average molecular weight is 249 g/mol. The van der Waals surface area contributed by atoms with E-state index in [0.29, 0.717) is 12.5 Å². The van der Waals surface area contributed by atoms with Gasteiger partial charge in [0.05, 0.1) is 6.61 Å². The number of anilines is 1. The van der Waals surface area contributed by atoms with E-state index in [1.165, 1.54) is 38.5 Å². The van der Waals surface area contributed by atoms with Crippen LogP contribution < -0.4 is 10.1 Å². The van der Waals surface area contributed by atoms with Crippen LogP contribution in [0.15, 0.2) is 12.4 Å². The molecule has 1 aliphatic carbocycles. The van der Waals surface area contributed by atoms with Crippen molar-refractivity contribution in [3.8, 4) is 5.88 Å². The normalized spacial score (nSPS) is 16.5. The van der Waals surface area contributed by atoms with E-state index in [1.54, 1.807) is 6.33 Å². The molecule has 0 aliphatic heterocycles. The molecular weight excluding hydrogens is 226 g/mol. The molecule has 4 heteroatoms. The molecule has 0 unspecified atom stereocenters. The molecule has 0 atom stereocenters. The molecule has 100 valence electrons. The lowest BCUT2D eigenvalue weighted by atomic mass is 9.87. The lowest BCUT2D eigenvalue weighted by Crippen LogP contribution is -2.12. The highest BCUT2D eigenvalue weighted by Crippen LogP contribution is 2.26. The van der Waals surface area contributed by atoms with Crippen LogP contribution in [0.1, 0.15) is 45.4 Å². The van der Waals surface area contributed by atoms with Crippen LogP contribution in [0.25, 0.3) is 0 Å². The van der Waals surface area contributed by atoms with Crippen molar-refractivity contribution in [1.29, 1.82) is 0 Å². The minimum atomic E-state index is 0.637. The van der Waals surface area contributed by atoms with Crippen molar-refractivity contribution in [2.24, 2.45) is 5.92 Å². The Bertz CT molecular complexity index is 351. The fourth-order valence-corrected chi connectivity index (χ4v) is 2.54. The van der Waals surface area contributed by atoms with Gasteiger partial charge in [0.1, 0.15) is 12.1 Å². The zero-order valence-electron chi connectivity index (χ0n) is 11.2. The molecule has 0 spiro atoms. The maximum absolute atomic E-state index is 5.35. The molecule has 1 aromatic rings. The Hall–Kier alpha value is -1.32. The molecule has 0 aromatic carbocycles. The number of nitrogens with one attached hydrogen (secondary N) is 1. The van der Waals surface area contributed by atoms with E-state index in [2.05, 4.69) is 15.3 Å². The fourth-order valence-electron chi connectivity index (χ4n) is 2.54. The van der Waals surface area contributed by atoms with E-state index in [0.717, 1.165) is 18.3 Å². The fraction of sp³-hybridized carbons (Fsp3) is 0.714. The van der Waals surface area contributed by atoms with Gasteiger partial charge < -0.3 is 10.1 Å². The second kappa shape index (κ2) is 7.19. The van der Waals surface area contributed by atoms with Crippen LogP contribution in [-0.2, 0) is 0 Å². The minimum Gasteiger partial charge on any atom is -0.478 e. The summed E-state index contributed by atoms with van der Waals surface area (Å²) < 4.78 is 5.35. The smallest absolute Gasteiger partial charge is 0.218 e. The van der Waals surface area contributed by atoms with E-state index >= 15 is 0 Å². The molecule has 1 aliphatic rings. The van der Waals surface area contributed by atoms with Crippen LogP contribution >= 0.6 is 0 Å². The molecule has 0 saturated heterocycles. The minimum absolute atomic E-state index is 0.637. The van der Waals surface area contributed by atoms with Gasteiger partial charge in [-0.05, 0) is 19.3 Å². The van der Waals surface area contributed by atoms with Crippen molar-refractivity contribution >= 4 is 5.82 Å². The Morgan fingerprint density at radius 1 is 1.28 bits per heavy atom. The van der Waals surface area contributed by atoms with Crippen molar-refractivity contribution in [3.05, 3.63) is 12.4 Å². The highest BCUT2D eigenvalue weighted by molar-refractivity contribution is 5.36. The van der Waals surface area contributed by atoms with Gasteiger partial charge >= 0.3 is 0 Å². The average Bonchev–Trinajstić information content (AvgIpc) is 2.41. The summed E-state index contributed by atoms with van der Waals surface area (Å²) in [5.41, 5.74) is 0. The molecule has 0 radical (unpaired) electrons. The molecule has 1 fully saturated rings. The van der Waals surface area contributed by atoms with Crippen LogP contribution in [0.5, 0.6) is 5.88 Å². The largest absolute Gasteiger partial charge is 0.478 e. The summed E-state index contributed by atoms with van der Waals surface area (Å²) >= 11 is 0. The Morgan fingerprint density at radius 3 is 2.89 bits per heavy atom. The maximum Gasteiger partial charge on any atom is 0.218 e. The first kappa shape index (κ1) is 13.1. The predicted molar refractivity (Wildman–Crippen MR) is 72.9 cm³/mol. The van der Waals surface area contributed by atoms with Gasteiger partial charge in [-0.1, -0.05) is 32.1 Å².